The monoisotopic (exact) mass is 100 g/mol. The van der Waals surface area contributed by atoms with Crippen molar-refractivity contribution < 1.29 is 4.48 Å². The minimum Gasteiger partial charge on any atom is -0.595 e. The first kappa shape index (κ1) is 6.96. The number of hydrogen-bond acceptors (Lipinski definition) is 0. The number of hydrogen-bond donors (Lipinski definition) is 0. The molecule has 0 aromatic carbocycles. The molecule has 7 heavy (non-hydrogen) atoms. The third kappa shape index (κ3) is 2.63. The van der Waals surface area contributed by atoms with Crippen molar-refractivity contribution in [3.8, 4) is 0 Å². The Bertz CT molecular complexity index is 42.1. The van der Waals surface area contributed by atoms with Gasteiger partial charge in [0.25, 0.3) is 0 Å². The molecule has 0 N–H and O–H groups in total. The molecule has 0 saturated heterocycles. The van der Waals surface area contributed by atoms with Gasteiger partial charge in [0.15, 0.2) is 0 Å². The highest BCUT2D eigenvalue weighted by atomic mass is 15.3. The van der Waals surface area contributed by atoms with E-state index >= 15 is 0 Å². The molecule has 0 spiro atoms. The number of nitrogens with zero attached hydrogens (tertiary/aromatic N) is 1. The van der Waals surface area contributed by atoms with Crippen LogP contribution in [0.25, 0.3) is 0 Å². The summed E-state index contributed by atoms with van der Waals surface area (Å²) < 4.78 is 0.639. The zero-order chi connectivity index (χ0) is 5.91. The summed E-state index contributed by atoms with van der Waals surface area (Å²) >= 11 is 0. The maximum Gasteiger partial charge on any atom is 0.0282 e. The van der Waals surface area contributed by atoms with Crippen molar-refractivity contribution in [3.05, 3.63) is 14.1 Å². The van der Waals surface area contributed by atoms with Gasteiger partial charge in [-0.3, -0.25) is 0 Å². The van der Waals surface area contributed by atoms with Crippen molar-refractivity contribution in [2.75, 3.05) is 13.1 Å². The minimum absolute atomic E-state index is 0.639. The lowest BCUT2D eigenvalue weighted by Gasteiger charge is -2.44. The SMILES string of the molecule is [CH2-][N+]([CH2-])(CC)CC. The average Bonchev–Trinajstić information content (AvgIpc) is 1.68. The lowest BCUT2D eigenvalue weighted by Crippen LogP contribution is -2.33. The summed E-state index contributed by atoms with van der Waals surface area (Å²) in [6.45, 7) is 6.19. The van der Waals surface area contributed by atoms with Gasteiger partial charge >= 0.3 is 0 Å². The molecule has 0 aromatic heterocycles. The molecule has 0 atom stereocenters. The first-order chi connectivity index (χ1) is 3.12. The molecule has 0 aliphatic heterocycles. The second-order valence-corrected chi connectivity index (χ2v) is 1.97. The molecule has 0 aromatic rings. The first-order valence-electron chi connectivity index (χ1n) is 2.68. The van der Waals surface area contributed by atoms with Crippen LogP contribution in [0.5, 0.6) is 0 Å². The number of quaternary nitrogens is 1. The summed E-state index contributed by atoms with van der Waals surface area (Å²) in [6.07, 6.45) is 0. The summed E-state index contributed by atoms with van der Waals surface area (Å²) in [7, 11) is 7.67. The molecule has 0 aliphatic carbocycles. The summed E-state index contributed by atoms with van der Waals surface area (Å²) in [5.74, 6) is 0. The van der Waals surface area contributed by atoms with Gasteiger partial charge in [0, 0.05) is 13.1 Å². The van der Waals surface area contributed by atoms with Crippen molar-refractivity contribution in [3.63, 3.8) is 0 Å². The van der Waals surface area contributed by atoms with Gasteiger partial charge in [-0.15, -0.1) is 0 Å². The first-order valence-corrected chi connectivity index (χ1v) is 2.68. The highest BCUT2D eigenvalue weighted by Crippen LogP contribution is 1.97. The zero-order valence-corrected chi connectivity index (χ0v) is 5.28. The maximum absolute atomic E-state index is 3.83. The fourth-order valence-corrected chi connectivity index (χ4v) is 0.224. The topological polar surface area (TPSA) is 0 Å². The van der Waals surface area contributed by atoms with Crippen molar-refractivity contribution in [1.29, 1.82) is 0 Å². The Kier molecular flexibility index (Phi) is 2.30. The van der Waals surface area contributed by atoms with Crippen LogP contribution in [-0.2, 0) is 0 Å². The highest BCUT2D eigenvalue weighted by Gasteiger charge is 1.89. The smallest absolute Gasteiger partial charge is 0.0282 e. The predicted molar refractivity (Wildman–Crippen MR) is 32.1 cm³/mol. The fraction of sp³-hybridized carbons (Fsp3) is 0.667. The lowest BCUT2D eigenvalue weighted by atomic mass is 10.5. The minimum atomic E-state index is 0.639. The van der Waals surface area contributed by atoms with Crippen LogP contribution >= 0.6 is 0 Å². The molecule has 44 valence electrons. The standard InChI is InChI=1S/C6H14N/c1-5-7(3,4)6-2/h3-6H2,1-2H3/q-1. The van der Waals surface area contributed by atoms with Crippen LogP contribution in [0.3, 0.4) is 0 Å². The second-order valence-electron chi connectivity index (χ2n) is 1.97. The van der Waals surface area contributed by atoms with Gasteiger partial charge in [-0.1, -0.05) is 0 Å². The van der Waals surface area contributed by atoms with Gasteiger partial charge in [-0.25, -0.2) is 0 Å². The van der Waals surface area contributed by atoms with Crippen molar-refractivity contribution in [1.82, 2.24) is 0 Å². The van der Waals surface area contributed by atoms with Crippen LogP contribution in [0.4, 0.5) is 0 Å². The Balaban J connectivity index is 3.36. The van der Waals surface area contributed by atoms with E-state index in [1.165, 1.54) is 0 Å². The third-order valence-corrected chi connectivity index (χ3v) is 1.34. The lowest BCUT2D eigenvalue weighted by molar-refractivity contribution is -0.837. The van der Waals surface area contributed by atoms with Crippen LogP contribution in [0, 0.1) is 14.1 Å². The van der Waals surface area contributed by atoms with E-state index in [1.54, 1.807) is 0 Å². The molecule has 0 saturated carbocycles. The van der Waals surface area contributed by atoms with Gasteiger partial charge in [-0.05, 0) is 13.8 Å². The van der Waals surface area contributed by atoms with E-state index in [0.717, 1.165) is 13.1 Å². The maximum atomic E-state index is 3.83. The van der Waals surface area contributed by atoms with E-state index in [1.807, 2.05) is 0 Å². The van der Waals surface area contributed by atoms with E-state index in [9.17, 15) is 0 Å². The molecule has 1 nitrogen and oxygen atoms in total. The summed E-state index contributed by atoms with van der Waals surface area (Å²) in [6, 6.07) is 0. The predicted octanol–water partition coefficient (Wildman–Crippen LogP) is 1.43. The van der Waals surface area contributed by atoms with Crippen molar-refractivity contribution in [2.45, 2.75) is 13.8 Å². The quantitative estimate of drug-likeness (QED) is 0.364. The molecule has 0 amide bonds. The van der Waals surface area contributed by atoms with Crippen LogP contribution in [0.15, 0.2) is 0 Å². The van der Waals surface area contributed by atoms with Gasteiger partial charge < -0.3 is 4.48 Å². The highest BCUT2D eigenvalue weighted by molar-refractivity contribution is 4.28. The largest absolute Gasteiger partial charge is 0.595 e. The van der Waals surface area contributed by atoms with Crippen molar-refractivity contribution in [2.24, 2.45) is 0 Å². The normalized spacial score (nSPS) is 12.0. The Morgan fingerprint density at radius 2 is 1.43 bits per heavy atom. The fourth-order valence-electron chi connectivity index (χ4n) is 0.224. The van der Waals surface area contributed by atoms with E-state index in [-0.39, 0.29) is 0 Å². The van der Waals surface area contributed by atoms with Crippen molar-refractivity contribution >= 4 is 0 Å². The third-order valence-electron chi connectivity index (χ3n) is 1.34. The second kappa shape index (κ2) is 2.31. The summed E-state index contributed by atoms with van der Waals surface area (Å²) in [5.41, 5.74) is 0. The molecule has 0 heterocycles. The molecule has 0 fully saturated rings. The summed E-state index contributed by atoms with van der Waals surface area (Å²) in [5, 5.41) is 0. The zero-order valence-electron chi connectivity index (χ0n) is 5.28. The van der Waals surface area contributed by atoms with Gasteiger partial charge in [-0.2, -0.15) is 14.1 Å². The average molecular weight is 100 g/mol. The van der Waals surface area contributed by atoms with E-state index < -0.39 is 0 Å². The van der Waals surface area contributed by atoms with E-state index in [2.05, 4.69) is 27.9 Å². The van der Waals surface area contributed by atoms with E-state index in [4.69, 9.17) is 0 Å². The molecule has 0 rings (SSSR count). The van der Waals surface area contributed by atoms with Crippen LogP contribution in [0.1, 0.15) is 13.8 Å². The Morgan fingerprint density at radius 1 is 1.14 bits per heavy atom. The number of rotatable bonds is 2. The van der Waals surface area contributed by atoms with Crippen LogP contribution in [0.2, 0.25) is 0 Å². The Morgan fingerprint density at radius 3 is 1.43 bits per heavy atom. The van der Waals surface area contributed by atoms with Crippen LogP contribution in [-0.4, -0.2) is 17.6 Å². The molecule has 0 bridgehead atoms. The van der Waals surface area contributed by atoms with Gasteiger partial charge in [0.2, 0.25) is 0 Å². The van der Waals surface area contributed by atoms with E-state index in [0.29, 0.717) is 4.48 Å². The van der Waals surface area contributed by atoms with Gasteiger partial charge in [0.1, 0.15) is 0 Å². The van der Waals surface area contributed by atoms with Gasteiger partial charge in [0.05, 0.1) is 0 Å². The Hall–Kier alpha value is -0.0400. The molecule has 1 heteroatoms. The molecular weight excluding hydrogens is 86.1 g/mol. The summed E-state index contributed by atoms with van der Waals surface area (Å²) in [4.78, 5) is 0. The molecule has 0 unspecified atom stereocenters. The molecular formula is C6H14N-. The van der Waals surface area contributed by atoms with Crippen LogP contribution < -0.4 is 0 Å². The molecule has 0 aliphatic rings. The molecule has 0 radical (unpaired) electrons. The Labute approximate surface area is 46.5 Å².